The van der Waals surface area contributed by atoms with E-state index in [-0.39, 0.29) is 29.7 Å². The molecule has 1 aromatic heterocycles. The number of thioether (sulfide) groups is 1. The zero-order valence-electron chi connectivity index (χ0n) is 20.3. The maximum atomic E-state index is 15.0. The molecule has 0 unspecified atom stereocenters. The molecule has 0 N–H and O–H groups in total. The third kappa shape index (κ3) is 4.64. The maximum Gasteiger partial charge on any atom is 0.242 e. The SMILES string of the molecule is CC1CCN(C(=O)CN2C(=O)CS[C@@H](c3ccc(F)cc3F)c3c(-c4ccccc4)nn(C)c32)CC1. The molecule has 2 aliphatic heterocycles. The van der Waals surface area contributed by atoms with Gasteiger partial charge in [0.1, 0.15) is 24.0 Å². The van der Waals surface area contributed by atoms with Crippen molar-refractivity contribution < 1.29 is 18.4 Å². The van der Waals surface area contributed by atoms with Gasteiger partial charge in [0.2, 0.25) is 11.8 Å². The highest BCUT2D eigenvalue weighted by molar-refractivity contribution is 8.00. The number of nitrogens with zero attached hydrogens (tertiary/aromatic N) is 4. The lowest BCUT2D eigenvalue weighted by molar-refractivity contribution is -0.132. The number of benzene rings is 2. The minimum atomic E-state index is -0.680. The van der Waals surface area contributed by atoms with Crippen LogP contribution in [0.4, 0.5) is 14.6 Å². The van der Waals surface area contributed by atoms with Crippen LogP contribution in [0.1, 0.15) is 36.1 Å². The van der Waals surface area contributed by atoms with Crippen LogP contribution >= 0.6 is 11.8 Å². The van der Waals surface area contributed by atoms with Crippen molar-refractivity contribution in [3.63, 3.8) is 0 Å². The fourth-order valence-electron chi connectivity index (χ4n) is 4.95. The van der Waals surface area contributed by atoms with Crippen LogP contribution in [0.15, 0.2) is 48.5 Å². The molecule has 1 fully saturated rings. The summed E-state index contributed by atoms with van der Waals surface area (Å²) in [7, 11) is 1.73. The Kier molecular flexibility index (Phi) is 6.83. The van der Waals surface area contributed by atoms with Gasteiger partial charge in [-0.05, 0) is 24.8 Å². The van der Waals surface area contributed by atoms with E-state index in [1.165, 1.54) is 28.8 Å². The molecule has 2 aliphatic rings. The van der Waals surface area contributed by atoms with Gasteiger partial charge in [0.15, 0.2) is 0 Å². The highest BCUT2D eigenvalue weighted by atomic mass is 32.2. The fraction of sp³-hybridized carbons (Fsp3) is 0.370. The summed E-state index contributed by atoms with van der Waals surface area (Å²) in [6.45, 7) is 3.42. The summed E-state index contributed by atoms with van der Waals surface area (Å²) in [6.07, 6.45) is 1.88. The summed E-state index contributed by atoms with van der Waals surface area (Å²) in [6, 6.07) is 13.0. The number of piperidine rings is 1. The van der Waals surface area contributed by atoms with E-state index in [1.807, 2.05) is 35.2 Å². The fourth-order valence-corrected chi connectivity index (χ4v) is 6.17. The Morgan fingerprint density at radius 1 is 1.11 bits per heavy atom. The third-order valence-electron chi connectivity index (χ3n) is 6.97. The largest absolute Gasteiger partial charge is 0.341 e. The Bertz CT molecular complexity index is 1290. The van der Waals surface area contributed by atoms with Crippen molar-refractivity contribution in [3.05, 3.63) is 71.3 Å². The summed E-state index contributed by atoms with van der Waals surface area (Å²) < 4.78 is 30.4. The Hall–Kier alpha value is -3.20. The number of halogens is 2. The second-order valence-corrected chi connectivity index (χ2v) is 10.6. The Morgan fingerprint density at radius 3 is 2.53 bits per heavy atom. The Labute approximate surface area is 213 Å². The van der Waals surface area contributed by atoms with E-state index in [0.29, 0.717) is 36.1 Å². The van der Waals surface area contributed by atoms with Gasteiger partial charge in [0, 0.05) is 42.9 Å². The van der Waals surface area contributed by atoms with E-state index >= 15 is 4.39 Å². The predicted molar refractivity (Wildman–Crippen MR) is 137 cm³/mol. The van der Waals surface area contributed by atoms with Crippen molar-refractivity contribution in [1.82, 2.24) is 14.7 Å². The van der Waals surface area contributed by atoms with Crippen LogP contribution in [-0.4, -0.2) is 51.9 Å². The number of fused-ring (bicyclic) bond motifs is 1. The van der Waals surface area contributed by atoms with Crippen molar-refractivity contribution in [3.8, 4) is 11.3 Å². The number of likely N-dealkylation sites (tertiary alicyclic amines) is 1. The van der Waals surface area contributed by atoms with Crippen molar-refractivity contribution >= 4 is 29.4 Å². The van der Waals surface area contributed by atoms with Crippen LogP contribution in [0.2, 0.25) is 0 Å². The predicted octanol–water partition coefficient (Wildman–Crippen LogP) is 4.79. The van der Waals surface area contributed by atoms with Crippen LogP contribution in [0.5, 0.6) is 0 Å². The normalized spacial score (nSPS) is 18.8. The lowest BCUT2D eigenvalue weighted by Crippen LogP contribution is -2.46. The van der Waals surface area contributed by atoms with Gasteiger partial charge in [0.05, 0.1) is 16.7 Å². The van der Waals surface area contributed by atoms with E-state index in [0.717, 1.165) is 24.5 Å². The van der Waals surface area contributed by atoms with E-state index in [1.54, 1.807) is 11.7 Å². The quantitative estimate of drug-likeness (QED) is 0.506. The Balaban J connectivity index is 1.61. The minimum absolute atomic E-state index is 0.0503. The van der Waals surface area contributed by atoms with Crippen LogP contribution in [0.3, 0.4) is 0 Å². The average Bonchev–Trinajstić information content (AvgIpc) is 3.13. The van der Waals surface area contributed by atoms with Gasteiger partial charge in [-0.1, -0.05) is 43.3 Å². The third-order valence-corrected chi connectivity index (χ3v) is 8.20. The average molecular weight is 511 g/mol. The lowest BCUT2D eigenvalue weighted by Gasteiger charge is -2.32. The monoisotopic (exact) mass is 510 g/mol. The molecule has 2 amide bonds. The number of amides is 2. The number of aromatic nitrogens is 2. The van der Waals surface area contributed by atoms with Gasteiger partial charge in [-0.3, -0.25) is 19.2 Å². The number of anilines is 1. The van der Waals surface area contributed by atoms with Gasteiger partial charge < -0.3 is 4.90 Å². The molecule has 36 heavy (non-hydrogen) atoms. The van der Waals surface area contributed by atoms with E-state index in [2.05, 4.69) is 6.92 Å². The molecular weight excluding hydrogens is 482 g/mol. The van der Waals surface area contributed by atoms with Crippen LogP contribution < -0.4 is 4.90 Å². The van der Waals surface area contributed by atoms with Gasteiger partial charge in [0.25, 0.3) is 0 Å². The summed E-state index contributed by atoms with van der Waals surface area (Å²) in [5.74, 6) is -0.600. The number of rotatable bonds is 4. The first-order chi connectivity index (χ1) is 17.3. The maximum absolute atomic E-state index is 15.0. The Morgan fingerprint density at radius 2 is 1.83 bits per heavy atom. The first kappa shape index (κ1) is 24.5. The zero-order chi connectivity index (χ0) is 25.4. The second-order valence-electron chi connectivity index (χ2n) is 9.48. The number of hydrogen-bond acceptors (Lipinski definition) is 4. The second kappa shape index (κ2) is 10.0. The molecule has 0 aliphatic carbocycles. The van der Waals surface area contributed by atoms with Crippen molar-refractivity contribution in [2.24, 2.45) is 13.0 Å². The molecule has 188 valence electrons. The van der Waals surface area contributed by atoms with Crippen molar-refractivity contribution in [2.45, 2.75) is 25.0 Å². The zero-order valence-corrected chi connectivity index (χ0v) is 21.1. The summed E-state index contributed by atoms with van der Waals surface area (Å²) in [5, 5.41) is 4.12. The standard InChI is InChI=1S/C27H28F2N4O2S/c1-17-10-12-32(13-11-17)22(34)15-33-23(35)16-36-26(20-9-8-19(28)14-21(20)29)24-25(30-31(2)27(24)33)18-6-4-3-5-7-18/h3-9,14,17,26H,10-13,15-16H2,1-2H3/t26-/m0/s1. The summed E-state index contributed by atoms with van der Waals surface area (Å²) >= 11 is 1.26. The molecule has 1 atom stereocenters. The molecule has 9 heteroatoms. The van der Waals surface area contributed by atoms with Gasteiger partial charge >= 0.3 is 0 Å². The summed E-state index contributed by atoms with van der Waals surface area (Å²) in [5.41, 5.74) is 2.34. The molecule has 3 aromatic rings. The molecule has 5 rings (SSSR count). The topological polar surface area (TPSA) is 58.4 Å². The summed E-state index contributed by atoms with van der Waals surface area (Å²) in [4.78, 5) is 30.0. The van der Waals surface area contributed by atoms with E-state index in [4.69, 9.17) is 5.10 Å². The molecule has 0 bridgehead atoms. The van der Waals surface area contributed by atoms with Crippen LogP contribution in [0, 0.1) is 17.6 Å². The van der Waals surface area contributed by atoms with E-state index in [9.17, 15) is 14.0 Å². The number of carbonyl (C=O) groups is 2. The van der Waals surface area contributed by atoms with Crippen molar-refractivity contribution in [2.75, 3.05) is 30.3 Å². The molecule has 3 heterocycles. The van der Waals surface area contributed by atoms with Crippen LogP contribution in [-0.2, 0) is 16.6 Å². The smallest absolute Gasteiger partial charge is 0.242 e. The number of aryl methyl sites for hydroxylation is 1. The molecule has 2 aromatic carbocycles. The number of hydrogen-bond donors (Lipinski definition) is 0. The molecule has 0 radical (unpaired) electrons. The first-order valence-corrected chi connectivity index (χ1v) is 13.2. The molecular formula is C27H28F2N4O2S. The van der Waals surface area contributed by atoms with Gasteiger partial charge in [-0.2, -0.15) is 5.10 Å². The highest BCUT2D eigenvalue weighted by Crippen LogP contribution is 2.48. The lowest BCUT2D eigenvalue weighted by atomic mass is 9.98. The first-order valence-electron chi connectivity index (χ1n) is 12.1. The molecule has 1 saturated heterocycles. The van der Waals surface area contributed by atoms with Gasteiger partial charge in [-0.25, -0.2) is 8.78 Å². The van der Waals surface area contributed by atoms with E-state index < -0.39 is 16.9 Å². The number of carbonyl (C=O) groups excluding carboxylic acids is 2. The minimum Gasteiger partial charge on any atom is -0.341 e. The van der Waals surface area contributed by atoms with Crippen molar-refractivity contribution in [1.29, 1.82) is 0 Å². The molecule has 0 spiro atoms. The molecule has 6 nitrogen and oxygen atoms in total. The van der Waals surface area contributed by atoms with Crippen LogP contribution in [0.25, 0.3) is 11.3 Å². The van der Waals surface area contributed by atoms with Gasteiger partial charge in [-0.15, -0.1) is 11.8 Å². The molecule has 0 saturated carbocycles. The highest BCUT2D eigenvalue weighted by Gasteiger charge is 2.38.